The molecule has 1 aromatic rings. The smallest absolute Gasteiger partial charge is 0.323 e. The quantitative estimate of drug-likeness (QED) is 0.915. The maximum absolute atomic E-state index is 12.5. The Morgan fingerprint density at radius 2 is 2.00 bits per heavy atom. The minimum atomic E-state index is -1.04. The van der Waals surface area contributed by atoms with Gasteiger partial charge < -0.3 is 14.9 Å². The van der Waals surface area contributed by atoms with Gasteiger partial charge in [-0.05, 0) is 44.0 Å². The first kappa shape index (κ1) is 16.0. The van der Waals surface area contributed by atoms with Gasteiger partial charge in [-0.3, -0.25) is 14.4 Å². The summed E-state index contributed by atoms with van der Waals surface area (Å²) in [5, 5.41) is 8.95. The summed E-state index contributed by atoms with van der Waals surface area (Å²) in [6.07, 6.45) is 1.02. The van der Waals surface area contributed by atoms with E-state index in [0.717, 1.165) is 11.3 Å². The van der Waals surface area contributed by atoms with Crippen LogP contribution in [0.1, 0.15) is 36.2 Å². The van der Waals surface area contributed by atoms with Gasteiger partial charge in [-0.15, -0.1) is 0 Å². The number of carbonyl (C=O) groups is 3. The molecule has 0 aromatic heterocycles. The van der Waals surface area contributed by atoms with Crippen molar-refractivity contribution >= 4 is 23.5 Å². The predicted octanol–water partition coefficient (Wildman–Crippen LogP) is 1.53. The Hall–Kier alpha value is -2.37. The predicted molar refractivity (Wildman–Crippen MR) is 82.0 cm³/mol. The van der Waals surface area contributed by atoms with E-state index in [4.69, 9.17) is 5.11 Å². The van der Waals surface area contributed by atoms with Gasteiger partial charge in [-0.2, -0.15) is 0 Å². The van der Waals surface area contributed by atoms with Crippen molar-refractivity contribution in [2.75, 3.05) is 18.5 Å². The minimum absolute atomic E-state index is 0.0567. The normalized spacial score (nSPS) is 14.0. The van der Waals surface area contributed by atoms with Crippen molar-refractivity contribution in [2.45, 2.75) is 32.7 Å². The van der Waals surface area contributed by atoms with E-state index < -0.39 is 5.97 Å². The van der Waals surface area contributed by atoms with Crippen LogP contribution >= 0.6 is 0 Å². The highest BCUT2D eigenvalue weighted by Crippen LogP contribution is 2.28. The molecule has 1 heterocycles. The van der Waals surface area contributed by atoms with Crippen molar-refractivity contribution in [1.29, 1.82) is 0 Å². The number of amides is 2. The third kappa shape index (κ3) is 3.10. The summed E-state index contributed by atoms with van der Waals surface area (Å²) in [5.41, 5.74) is 2.20. The van der Waals surface area contributed by atoms with Crippen LogP contribution in [0.2, 0.25) is 0 Å². The number of carboxylic acid groups (broad SMARTS) is 1. The van der Waals surface area contributed by atoms with Crippen LogP contribution < -0.4 is 4.90 Å². The standard InChI is InChI=1S/C16H20N2O4/c1-10(2)18(9-15(20)21)16(22)12-4-6-13-11(8-12)5-7-14(19)17(13)3/h4,6,8,10H,5,7,9H2,1-3H3,(H,20,21). The minimum Gasteiger partial charge on any atom is -0.480 e. The number of aryl methyl sites for hydroxylation is 1. The van der Waals surface area contributed by atoms with Crippen LogP contribution in [-0.4, -0.2) is 47.4 Å². The van der Waals surface area contributed by atoms with Crippen LogP contribution in [0.25, 0.3) is 0 Å². The monoisotopic (exact) mass is 304 g/mol. The lowest BCUT2D eigenvalue weighted by Gasteiger charge is -2.28. The first-order valence-electron chi connectivity index (χ1n) is 7.23. The summed E-state index contributed by atoms with van der Waals surface area (Å²) in [7, 11) is 1.71. The van der Waals surface area contributed by atoms with E-state index in [2.05, 4.69) is 0 Å². The lowest BCUT2D eigenvalue weighted by Crippen LogP contribution is -2.40. The van der Waals surface area contributed by atoms with Crippen molar-refractivity contribution in [3.63, 3.8) is 0 Å². The van der Waals surface area contributed by atoms with E-state index in [1.807, 2.05) is 0 Å². The van der Waals surface area contributed by atoms with Gasteiger partial charge in [-0.25, -0.2) is 0 Å². The molecule has 1 aromatic carbocycles. The van der Waals surface area contributed by atoms with Crippen molar-refractivity contribution in [1.82, 2.24) is 4.90 Å². The summed E-state index contributed by atoms with van der Waals surface area (Å²) in [6.45, 7) is 3.24. The van der Waals surface area contributed by atoms with Gasteiger partial charge in [0.1, 0.15) is 6.54 Å². The number of aliphatic carboxylic acids is 1. The van der Waals surface area contributed by atoms with Crippen LogP contribution in [0.5, 0.6) is 0 Å². The first-order valence-corrected chi connectivity index (χ1v) is 7.23. The summed E-state index contributed by atoms with van der Waals surface area (Å²) in [6, 6.07) is 4.95. The topological polar surface area (TPSA) is 77.9 Å². The molecule has 6 nitrogen and oxygen atoms in total. The van der Waals surface area contributed by atoms with E-state index in [0.29, 0.717) is 18.4 Å². The van der Waals surface area contributed by atoms with Gasteiger partial charge in [0.2, 0.25) is 5.91 Å². The zero-order valence-corrected chi connectivity index (χ0v) is 13.0. The SMILES string of the molecule is CC(C)N(CC(=O)O)C(=O)c1ccc2c(c1)CCC(=O)N2C. The molecule has 118 valence electrons. The van der Waals surface area contributed by atoms with Crippen LogP contribution in [0.4, 0.5) is 5.69 Å². The Bertz CT molecular complexity index is 625. The third-order valence-corrected chi connectivity index (χ3v) is 3.86. The van der Waals surface area contributed by atoms with Gasteiger partial charge in [-0.1, -0.05) is 0 Å². The number of anilines is 1. The molecule has 0 atom stereocenters. The van der Waals surface area contributed by atoms with Gasteiger partial charge in [0.25, 0.3) is 5.91 Å². The lowest BCUT2D eigenvalue weighted by molar-refractivity contribution is -0.138. The number of carboxylic acids is 1. The Morgan fingerprint density at radius 1 is 1.32 bits per heavy atom. The van der Waals surface area contributed by atoms with E-state index in [-0.39, 0.29) is 24.4 Å². The fourth-order valence-electron chi connectivity index (χ4n) is 2.59. The molecule has 0 saturated carbocycles. The molecule has 0 saturated heterocycles. The zero-order chi connectivity index (χ0) is 16.4. The van der Waals surface area contributed by atoms with Crippen LogP contribution in [0.15, 0.2) is 18.2 Å². The molecule has 1 aliphatic heterocycles. The molecule has 0 spiro atoms. The molecule has 0 fully saturated rings. The molecule has 6 heteroatoms. The maximum atomic E-state index is 12.5. The van der Waals surface area contributed by atoms with Gasteiger partial charge >= 0.3 is 5.97 Å². The van der Waals surface area contributed by atoms with E-state index >= 15 is 0 Å². The Morgan fingerprint density at radius 3 is 2.59 bits per heavy atom. The zero-order valence-electron chi connectivity index (χ0n) is 13.0. The van der Waals surface area contributed by atoms with Crippen molar-refractivity contribution in [2.24, 2.45) is 0 Å². The highest BCUT2D eigenvalue weighted by Gasteiger charge is 2.25. The molecule has 1 N–H and O–H groups in total. The first-order chi connectivity index (χ1) is 10.3. The fourth-order valence-corrected chi connectivity index (χ4v) is 2.59. The molecule has 0 bridgehead atoms. The Balaban J connectivity index is 2.31. The van der Waals surface area contributed by atoms with Crippen molar-refractivity contribution < 1.29 is 19.5 Å². The third-order valence-electron chi connectivity index (χ3n) is 3.86. The maximum Gasteiger partial charge on any atom is 0.323 e. The van der Waals surface area contributed by atoms with Gasteiger partial charge in [0, 0.05) is 30.8 Å². The van der Waals surface area contributed by atoms with Crippen LogP contribution in [0.3, 0.4) is 0 Å². The van der Waals surface area contributed by atoms with Crippen molar-refractivity contribution in [3.05, 3.63) is 29.3 Å². The van der Waals surface area contributed by atoms with E-state index in [1.54, 1.807) is 44.0 Å². The van der Waals surface area contributed by atoms with Crippen LogP contribution in [-0.2, 0) is 16.0 Å². The summed E-state index contributed by atoms with van der Waals surface area (Å²) >= 11 is 0. The number of benzene rings is 1. The Labute approximate surface area is 129 Å². The lowest BCUT2D eigenvalue weighted by atomic mass is 9.98. The van der Waals surface area contributed by atoms with Crippen molar-refractivity contribution in [3.8, 4) is 0 Å². The van der Waals surface area contributed by atoms with E-state index in [9.17, 15) is 14.4 Å². The molecule has 1 aliphatic rings. The highest BCUT2D eigenvalue weighted by atomic mass is 16.4. The average molecular weight is 304 g/mol. The number of rotatable bonds is 4. The Kier molecular flexibility index (Phi) is 4.49. The molecular weight excluding hydrogens is 284 g/mol. The fraction of sp³-hybridized carbons (Fsp3) is 0.438. The number of fused-ring (bicyclic) bond motifs is 1. The molecule has 22 heavy (non-hydrogen) atoms. The van der Waals surface area contributed by atoms with E-state index in [1.165, 1.54) is 4.90 Å². The summed E-state index contributed by atoms with van der Waals surface area (Å²) in [5.74, 6) is -1.29. The summed E-state index contributed by atoms with van der Waals surface area (Å²) < 4.78 is 0. The number of hydrogen-bond donors (Lipinski definition) is 1. The van der Waals surface area contributed by atoms with Gasteiger partial charge in [0.05, 0.1) is 0 Å². The molecule has 0 aliphatic carbocycles. The van der Waals surface area contributed by atoms with Gasteiger partial charge in [0.15, 0.2) is 0 Å². The second-order valence-corrected chi connectivity index (χ2v) is 5.72. The molecule has 0 unspecified atom stereocenters. The second kappa shape index (κ2) is 6.17. The number of nitrogens with zero attached hydrogens (tertiary/aromatic N) is 2. The second-order valence-electron chi connectivity index (χ2n) is 5.72. The summed E-state index contributed by atoms with van der Waals surface area (Å²) in [4.78, 5) is 38.0. The molecule has 0 radical (unpaired) electrons. The molecule has 2 amide bonds. The average Bonchev–Trinajstić information content (AvgIpc) is 2.47. The molecule has 2 rings (SSSR count). The number of hydrogen-bond acceptors (Lipinski definition) is 3. The molecular formula is C16H20N2O4. The number of carbonyl (C=O) groups excluding carboxylic acids is 2. The van der Waals surface area contributed by atoms with Crippen LogP contribution in [0, 0.1) is 0 Å². The highest BCUT2D eigenvalue weighted by molar-refractivity contribution is 5.99. The largest absolute Gasteiger partial charge is 0.480 e.